The second kappa shape index (κ2) is 7.64. The maximum Gasteiger partial charge on any atom is 0.274 e. The minimum Gasteiger partial charge on any atom is -0.383 e. The summed E-state index contributed by atoms with van der Waals surface area (Å²) in [6.07, 6.45) is 0. The first kappa shape index (κ1) is 16.8. The summed E-state index contributed by atoms with van der Waals surface area (Å²) in [7, 11) is 3.07. The number of carbonyl (C=O) groups is 1. The molecule has 1 aromatic heterocycles. The summed E-state index contributed by atoms with van der Waals surface area (Å²) in [5.74, 6) is -0.760. The summed E-state index contributed by atoms with van der Waals surface area (Å²) in [6.45, 7) is 0.688. The van der Waals surface area contributed by atoms with Crippen molar-refractivity contribution in [3.63, 3.8) is 0 Å². The molecule has 0 bridgehead atoms. The zero-order valence-corrected chi connectivity index (χ0v) is 13.0. The van der Waals surface area contributed by atoms with E-state index >= 15 is 0 Å². The average Bonchev–Trinajstić information content (AvgIpc) is 2.55. The van der Waals surface area contributed by atoms with E-state index in [4.69, 9.17) is 4.74 Å². The quantitative estimate of drug-likeness (QED) is 0.805. The van der Waals surface area contributed by atoms with Crippen molar-refractivity contribution < 1.29 is 13.9 Å². The lowest BCUT2D eigenvalue weighted by molar-refractivity contribution is 0.0774. The molecule has 122 valence electrons. The van der Waals surface area contributed by atoms with Crippen molar-refractivity contribution in [2.75, 3.05) is 20.8 Å². The van der Waals surface area contributed by atoms with Gasteiger partial charge >= 0.3 is 0 Å². The Hall–Kier alpha value is -2.54. The van der Waals surface area contributed by atoms with Crippen molar-refractivity contribution in [3.05, 3.63) is 63.8 Å². The largest absolute Gasteiger partial charge is 0.383 e. The topological polar surface area (TPSA) is 64.4 Å². The van der Waals surface area contributed by atoms with Gasteiger partial charge in [-0.05, 0) is 12.1 Å². The Balaban J connectivity index is 2.16. The van der Waals surface area contributed by atoms with Crippen LogP contribution >= 0.6 is 0 Å². The second-order valence-electron chi connectivity index (χ2n) is 5.03. The molecule has 2 aromatic rings. The van der Waals surface area contributed by atoms with E-state index in [1.54, 1.807) is 25.2 Å². The normalized spacial score (nSPS) is 10.6. The maximum atomic E-state index is 13.7. The Morgan fingerprint density at radius 2 is 2.04 bits per heavy atom. The molecule has 23 heavy (non-hydrogen) atoms. The fourth-order valence-electron chi connectivity index (χ4n) is 2.05. The van der Waals surface area contributed by atoms with Crippen LogP contribution < -0.4 is 5.56 Å². The molecular weight excluding hydrogens is 301 g/mol. The van der Waals surface area contributed by atoms with Gasteiger partial charge in [-0.3, -0.25) is 9.59 Å². The van der Waals surface area contributed by atoms with Crippen LogP contribution in [0.1, 0.15) is 16.1 Å². The lowest BCUT2D eigenvalue weighted by Gasteiger charge is -2.17. The Labute approximate surface area is 133 Å². The van der Waals surface area contributed by atoms with Gasteiger partial charge in [0.25, 0.3) is 11.5 Å². The lowest BCUT2D eigenvalue weighted by Crippen LogP contribution is -2.31. The van der Waals surface area contributed by atoms with Crippen LogP contribution in [-0.4, -0.2) is 41.4 Å². The molecule has 0 aliphatic rings. The molecule has 0 N–H and O–H groups in total. The number of aromatic nitrogens is 2. The van der Waals surface area contributed by atoms with E-state index in [2.05, 4.69) is 5.10 Å². The Morgan fingerprint density at radius 1 is 1.30 bits per heavy atom. The van der Waals surface area contributed by atoms with Crippen molar-refractivity contribution in [2.45, 2.75) is 13.1 Å². The number of halogens is 1. The number of benzene rings is 1. The van der Waals surface area contributed by atoms with Crippen LogP contribution in [0.25, 0.3) is 0 Å². The number of methoxy groups -OCH3 is 1. The first-order valence-corrected chi connectivity index (χ1v) is 7.09. The van der Waals surface area contributed by atoms with Crippen molar-refractivity contribution in [2.24, 2.45) is 0 Å². The van der Waals surface area contributed by atoms with E-state index in [-0.39, 0.29) is 36.1 Å². The Morgan fingerprint density at radius 3 is 2.74 bits per heavy atom. The minimum absolute atomic E-state index is 0.115. The molecule has 1 amide bonds. The van der Waals surface area contributed by atoms with Gasteiger partial charge in [-0.25, -0.2) is 9.07 Å². The summed E-state index contributed by atoms with van der Waals surface area (Å²) >= 11 is 0. The van der Waals surface area contributed by atoms with E-state index in [0.29, 0.717) is 12.2 Å². The maximum absolute atomic E-state index is 13.7. The molecule has 0 radical (unpaired) electrons. The smallest absolute Gasteiger partial charge is 0.274 e. The number of nitrogens with zero attached hydrogens (tertiary/aromatic N) is 3. The third-order valence-corrected chi connectivity index (χ3v) is 3.31. The van der Waals surface area contributed by atoms with Crippen molar-refractivity contribution in [1.29, 1.82) is 0 Å². The predicted molar refractivity (Wildman–Crippen MR) is 82.6 cm³/mol. The van der Waals surface area contributed by atoms with E-state index in [9.17, 15) is 14.0 Å². The van der Waals surface area contributed by atoms with Gasteiger partial charge in [-0.1, -0.05) is 18.2 Å². The van der Waals surface area contributed by atoms with E-state index in [1.165, 1.54) is 34.9 Å². The number of rotatable bonds is 6. The van der Waals surface area contributed by atoms with Crippen LogP contribution in [0, 0.1) is 5.82 Å². The summed E-state index contributed by atoms with van der Waals surface area (Å²) < 4.78 is 19.7. The second-order valence-corrected chi connectivity index (χ2v) is 5.03. The zero-order valence-electron chi connectivity index (χ0n) is 13.0. The van der Waals surface area contributed by atoms with Crippen molar-refractivity contribution in [1.82, 2.24) is 14.7 Å². The van der Waals surface area contributed by atoms with Crippen molar-refractivity contribution >= 4 is 5.91 Å². The van der Waals surface area contributed by atoms with Gasteiger partial charge in [0.05, 0.1) is 13.2 Å². The van der Waals surface area contributed by atoms with Crippen LogP contribution in [0.3, 0.4) is 0 Å². The van der Waals surface area contributed by atoms with Gasteiger partial charge in [0, 0.05) is 32.3 Å². The summed E-state index contributed by atoms with van der Waals surface area (Å²) in [4.78, 5) is 25.4. The molecule has 0 fully saturated rings. The lowest BCUT2D eigenvalue weighted by atomic mass is 10.2. The molecule has 0 saturated heterocycles. The molecule has 0 aliphatic carbocycles. The molecule has 0 unspecified atom stereocenters. The standard InChI is InChI=1S/C16H18FN3O3/c1-19(11-12-5-3-4-6-13(12)17)16(22)14-7-8-15(21)20(18-14)9-10-23-2/h3-8H,9-11H2,1-2H3. The van der Waals surface area contributed by atoms with Crippen LogP contribution in [0.4, 0.5) is 4.39 Å². The van der Waals surface area contributed by atoms with E-state index in [0.717, 1.165) is 0 Å². The minimum atomic E-state index is -0.389. The summed E-state index contributed by atoms with van der Waals surface area (Å²) in [5, 5.41) is 4.03. The van der Waals surface area contributed by atoms with Crippen LogP contribution in [0.2, 0.25) is 0 Å². The number of amides is 1. The highest BCUT2D eigenvalue weighted by atomic mass is 19.1. The fourth-order valence-corrected chi connectivity index (χ4v) is 2.05. The SMILES string of the molecule is COCCn1nc(C(=O)N(C)Cc2ccccc2F)ccc1=O. The fraction of sp³-hybridized carbons (Fsp3) is 0.312. The molecular formula is C16H18FN3O3. The molecule has 1 aromatic carbocycles. The predicted octanol–water partition coefficient (Wildman–Crippen LogP) is 1.30. The number of carbonyl (C=O) groups excluding carboxylic acids is 1. The van der Waals surface area contributed by atoms with Gasteiger partial charge < -0.3 is 9.64 Å². The number of hydrogen-bond acceptors (Lipinski definition) is 4. The molecule has 2 rings (SSSR count). The third-order valence-electron chi connectivity index (χ3n) is 3.31. The third kappa shape index (κ3) is 4.23. The first-order chi connectivity index (χ1) is 11.0. The van der Waals surface area contributed by atoms with Crippen LogP contribution in [0.15, 0.2) is 41.2 Å². The van der Waals surface area contributed by atoms with Crippen LogP contribution in [-0.2, 0) is 17.8 Å². The summed E-state index contributed by atoms with van der Waals surface area (Å²) in [5.41, 5.74) is 0.228. The van der Waals surface area contributed by atoms with Crippen LogP contribution in [0.5, 0.6) is 0 Å². The average molecular weight is 319 g/mol. The molecule has 0 spiro atoms. The van der Waals surface area contributed by atoms with E-state index in [1.807, 2.05) is 0 Å². The van der Waals surface area contributed by atoms with Gasteiger partial charge in [0.1, 0.15) is 11.5 Å². The van der Waals surface area contributed by atoms with E-state index < -0.39 is 0 Å². The molecule has 0 atom stereocenters. The molecule has 0 saturated carbocycles. The van der Waals surface area contributed by atoms with Gasteiger partial charge in [0.2, 0.25) is 0 Å². The molecule has 1 heterocycles. The number of hydrogen-bond donors (Lipinski definition) is 0. The Bertz CT molecular complexity index is 745. The van der Waals surface area contributed by atoms with Gasteiger partial charge in [-0.2, -0.15) is 5.10 Å². The highest BCUT2D eigenvalue weighted by Crippen LogP contribution is 2.10. The highest BCUT2D eigenvalue weighted by Gasteiger charge is 2.16. The van der Waals surface area contributed by atoms with Gasteiger partial charge in [0.15, 0.2) is 0 Å². The zero-order chi connectivity index (χ0) is 16.8. The molecule has 6 nitrogen and oxygen atoms in total. The molecule has 0 aliphatic heterocycles. The van der Waals surface area contributed by atoms with Crippen molar-refractivity contribution in [3.8, 4) is 0 Å². The monoisotopic (exact) mass is 319 g/mol. The molecule has 7 heteroatoms. The summed E-state index contributed by atoms with van der Waals surface area (Å²) in [6, 6.07) is 8.91. The van der Waals surface area contributed by atoms with Gasteiger partial charge in [-0.15, -0.1) is 0 Å². The Kier molecular flexibility index (Phi) is 5.59. The first-order valence-electron chi connectivity index (χ1n) is 7.09. The highest BCUT2D eigenvalue weighted by molar-refractivity contribution is 5.91. The number of ether oxygens (including phenoxy) is 1.